The number of carbonyl (C=O) groups excluding carboxylic acids is 1. The minimum atomic E-state index is -0.326. The van der Waals surface area contributed by atoms with E-state index < -0.39 is 0 Å². The maximum atomic E-state index is 11.2. The molecule has 0 radical (unpaired) electrons. The maximum absolute atomic E-state index is 11.2. The number of carbonyl (C=O) groups is 1. The van der Waals surface area contributed by atoms with E-state index in [2.05, 4.69) is 34.9 Å². The Labute approximate surface area is 137 Å². The molecule has 3 rings (SSSR count). The van der Waals surface area contributed by atoms with Crippen LogP contribution in [0.5, 0.6) is 0 Å². The Hall–Kier alpha value is -1.26. The molecule has 120 valence electrons. The van der Waals surface area contributed by atoms with Gasteiger partial charge in [-0.1, -0.05) is 12.1 Å². The van der Waals surface area contributed by atoms with E-state index in [1.54, 1.807) is 4.90 Å². The van der Waals surface area contributed by atoms with Crippen LogP contribution in [-0.4, -0.2) is 54.4 Å². The normalized spacial score (nSPS) is 19.7. The van der Waals surface area contributed by atoms with E-state index in [9.17, 15) is 4.79 Å². The number of benzene rings is 1. The Morgan fingerprint density at radius 1 is 1.09 bits per heavy atom. The van der Waals surface area contributed by atoms with Crippen LogP contribution < -0.4 is 4.90 Å². The van der Waals surface area contributed by atoms with Crippen LogP contribution in [0.2, 0.25) is 0 Å². The number of halogens is 1. The van der Waals surface area contributed by atoms with Crippen LogP contribution in [0.1, 0.15) is 24.0 Å². The lowest BCUT2D eigenvalue weighted by Gasteiger charge is -2.34. The molecule has 0 saturated carbocycles. The quantitative estimate of drug-likeness (QED) is 0.632. The second-order valence-corrected chi connectivity index (χ2v) is 6.67. The van der Waals surface area contributed by atoms with Crippen molar-refractivity contribution < 1.29 is 4.79 Å². The second-order valence-electron chi connectivity index (χ2n) is 6.34. The van der Waals surface area contributed by atoms with Crippen molar-refractivity contribution in [3.8, 4) is 0 Å². The number of aryl methyl sites for hydroxylation is 1. The molecule has 2 aliphatic heterocycles. The van der Waals surface area contributed by atoms with Crippen molar-refractivity contribution in [1.29, 1.82) is 0 Å². The summed E-state index contributed by atoms with van der Waals surface area (Å²) in [4.78, 5) is 17.8. The molecule has 0 bridgehead atoms. The molecule has 0 N–H and O–H groups in total. The lowest BCUT2D eigenvalue weighted by atomic mass is 10.1. The van der Waals surface area contributed by atoms with Gasteiger partial charge in [-0.25, -0.2) is 0 Å². The van der Waals surface area contributed by atoms with Gasteiger partial charge in [0.1, 0.15) is 0 Å². The van der Waals surface area contributed by atoms with Crippen LogP contribution in [0.4, 0.5) is 10.5 Å². The third-order valence-electron chi connectivity index (χ3n) is 4.70. The van der Waals surface area contributed by atoms with Crippen molar-refractivity contribution in [2.75, 3.05) is 44.2 Å². The molecule has 2 heterocycles. The average Bonchev–Trinajstić information content (AvgIpc) is 3.04. The molecule has 0 aromatic heterocycles. The zero-order valence-corrected chi connectivity index (χ0v) is 14.0. The average molecular weight is 322 g/mol. The van der Waals surface area contributed by atoms with E-state index in [1.165, 1.54) is 42.7 Å². The lowest BCUT2D eigenvalue weighted by Crippen LogP contribution is -2.46. The summed E-state index contributed by atoms with van der Waals surface area (Å²) in [5.74, 6) is 0. The van der Waals surface area contributed by atoms with Crippen molar-refractivity contribution in [3.05, 3.63) is 29.3 Å². The topological polar surface area (TPSA) is 26.8 Å². The zero-order chi connectivity index (χ0) is 15.5. The molecule has 1 aromatic carbocycles. The van der Waals surface area contributed by atoms with Gasteiger partial charge in [-0.2, -0.15) is 0 Å². The molecule has 5 heteroatoms. The summed E-state index contributed by atoms with van der Waals surface area (Å²) in [7, 11) is 0. The van der Waals surface area contributed by atoms with Gasteiger partial charge in [0, 0.05) is 51.5 Å². The fourth-order valence-electron chi connectivity index (χ4n) is 3.38. The summed E-state index contributed by atoms with van der Waals surface area (Å²) < 4.78 is 0. The lowest BCUT2D eigenvalue weighted by molar-refractivity contribution is 0.148. The fourth-order valence-corrected chi connectivity index (χ4v) is 3.55. The Balaban J connectivity index is 1.68. The predicted octanol–water partition coefficient (Wildman–Crippen LogP) is 3.07. The molecule has 2 saturated heterocycles. The van der Waals surface area contributed by atoms with Gasteiger partial charge in [-0.15, -0.1) is 0 Å². The summed E-state index contributed by atoms with van der Waals surface area (Å²) in [6.45, 7) is 8.71. The summed E-state index contributed by atoms with van der Waals surface area (Å²) in [6, 6.07) is 6.79. The minimum Gasteiger partial charge on any atom is -0.371 e. The highest BCUT2D eigenvalue weighted by Gasteiger charge is 2.22. The highest BCUT2D eigenvalue weighted by molar-refractivity contribution is 6.62. The van der Waals surface area contributed by atoms with Gasteiger partial charge in [0.05, 0.1) is 0 Å². The molecule has 0 atom stereocenters. The minimum absolute atomic E-state index is 0.326. The molecule has 0 unspecified atom stereocenters. The van der Waals surface area contributed by atoms with Gasteiger partial charge in [-0.3, -0.25) is 9.69 Å². The molecule has 4 nitrogen and oxygen atoms in total. The first-order valence-corrected chi connectivity index (χ1v) is 8.52. The Morgan fingerprint density at radius 3 is 2.41 bits per heavy atom. The zero-order valence-electron chi connectivity index (χ0n) is 13.2. The summed E-state index contributed by atoms with van der Waals surface area (Å²) >= 11 is 5.56. The number of hydrogen-bond acceptors (Lipinski definition) is 3. The van der Waals surface area contributed by atoms with E-state index in [4.69, 9.17) is 11.6 Å². The SMILES string of the molecule is Cc1ccc(CN2CCN(C(=O)Cl)CC2)c(N2CCCC2)c1. The van der Waals surface area contributed by atoms with Gasteiger partial charge >= 0.3 is 5.37 Å². The molecule has 1 amide bonds. The van der Waals surface area contributed by atoms with Crippen molar-refractivity contribution in [2.24, 2.45) is 0 Å². The number of anilines is 1. The van der Waals surface area contributed by atoms with Crippen LogP contribution in [0, 0.1) is 6.92 Å². The standard InChI is InChI=1S/C17H24ClN3O/c1-14-4-5-15(16(12-14)20-6-2-3-7-20)13-19-8-10-21(11-9-19)17(18)22/h4-5,12H,2-3,6-11,13H2,1H3. The van der Waals surface area contributed by atoms with Crippen LogP contribution >= 0.6 is 11.6 Å². The second kappa shape index (κ2) is 6.88. The first-order valence-electron chi connectivity index (χ1n) is 8.15. The first-order chi connectivity index (χ1) is 10.6. The first kappa shape index (κ1) is 15.6. The summed E-state index contributed by atoms with van der Waals surface area (Å²) in [6.07, 6.45) is 2.59. The van der Waals surface area contributed by atoms with Crippen molar-refractivity contribution >= 4 is 22.7 Å². The monoisotopic (exact) mass is 321 g/mol. The third-order valence-corrected chi connectivity index (χ3v) is 4.94. The van der Waals surface area contributed by atoms with Crippen LogP contribution in [0.15, 0.2) is 18.2 Å². The van der Waals surface area contributed by atoms with Gasteiger partial charge in [0.2, 0.25) is 0 Å². The van der Waals surface area contributed by atoms with Crippen LogP contribution in [0.25, 0.3) is 0 Å². The number of nitrogens with zero attached hydrogens (tertiary/aromatic N) is 3. The predicted molar refractivity (Wildman–Crippen MR) is 90.7 cm³/mol. The van der Waals surface area contributed by atoms with Crippen LogP contribution in [0.3, 0.4) is 0 Å². The van der Waals surface area contributed by atoms with Gasteiger partial charge in [-0.05, 0) is 48.6 Å². The molecule has 22 heavy (non-hydrogen) atoms. The van der Waals surface area contributed by atoms with Crippen LogP contribution in [-0.2, 0) is 6.54 Å². The van der Waals surface area contributed by atoms with E-state index >= 15 is 0 Å². The molecule has 0 spiro atoms. The smallest absolute Gasteiger partial charge is 0.316 e. The van der Waals surface area contributed by atoms with Gasteiger partial charge < -0.3 is 9.80 Å². The summed E-state index contributed by atoms with van der Waals surface area (Å²) in [5, 5.41) is -0.326. The molecule has 2 aliphatic rings. The van der Waals surface area contributed by atoms with Crippen molar-refractivity contribution in [3.63, 3.8) is 0 Å². The molecular weight excluding hydrogens is 298 g/mol. The van der Waals surface area contributed by atoms with E-state index in [0.29, 0.717) is 0 Å². The highest BCUT2D eigenvalue weighted by Crippen LogP contribution is 2.27. The number of piperazine rings is 1. The Morgan fingerprint density at radius 2 is 1.77 bits per heavy atom. The number of rotatable bonds is 3. The summed E-state index contributed by atoms with van der Waals surface area (Å²) in [5.41, 5.74) is 4.12. The van der Waals surface area contributed by atoms with E-state index in [1.807, 2.05) is 0 Å². The molecule has 0 aliphatic carbocycles. The van der Waals surface area contributed by atoms with Gasteiger partial charge in [0.25, 0.3) is 0 Å². The molecular formula is C17H24ClN3O. The van der Waals surface area contributed by atoms with E-state index in [0.717, 1.165) is 32.7 Å². The van der Waals surface area contributed by atoms with E-state index in [-0.39, 0.29) is 5.37 Å². The molecule has 2 fully saturated rings. The third kappa shape index (κ3) is 3.55. The van der Waals surface area contributed by atoms with Gasteiger partial charge in [0.15, 0.2) is 0 Å². The Bertz CT molecular complexity index is 535. The maximum Gasteiger partial charge on any atom is 0.316 e. The number of hydrogen-bond donors (Lipinski definition) is 0. The van der Waals surface area contributed by atoms with Crippen molar-refractivity contribution in [1.82, 2.24) is 9.80 Å². The molecule has 1 aromatic rings. The largest absolute Gasteiger partial charge is 0.371 e. The highest BCUT2D eigenvalue weighted by atomic mass is 35.5. The number of amides is 1. The fraction of sp³-hybridized carbons (Fsp3) is 0.588. The van der Waals surface area contributed by atoms with Crippen molar-refractivity contribution in [2.45, 2.75) is 26.3 Å². The Kier molecular flexibility index (Phi) is 4.89.